The lowest BCUT2D eigenvalue weighted by Gasteiger charge is -2.24. The molecule has 1 heterocycles. The molecular weight excluding hydrogens is 581 g/mol. The van der Waals surface area contributed by atoms with Crippen molar-refractivity contribution < 1.29 is 18.0 Å². The van der Waals surface area contributed by atoms with E-state index in [-0.39, 0.29) is 12.1 Å². The largest absolute Gasteiger partial charge is 0.398 e. The van der Waals surface area contributed by atoms with E-state index in [1.54, 1.807) is 36.5 Å². The highest BCUT2D eigenvalue weighted by Crippen LogP contribution is 2.33. The molecule has 45 heavy (non-hydrogen) atoms. The summed E-state index contributed by atoms with van der Waals surface area (Å²) in [5.41, 5.74) is 13.8. The lowest BCUT2D eigenvalue weighted by Crippen LogP contribution is -2.28. The van der Waals surface area contributed by atoms with Crippen LogP contribution >= 0.6 is 0 Å². The highest BCUT2D eigenvalue weighted by atomic mass is 19.3. The molecule has 12 heteroatoms. The molecule has 2 aliphatic rings. The van der Waals surface area contributed by atoms with E-state index >= 15 is 0 Å². The number of anilines is 1. The van der Waals surface area contributed by atoms with Crippen LogP contribution in [0, 0.1) is 6.92 Å². The first-order valence-corrected chi connectivity index (χ1v) is 14.5. The van der Waals surface area contributed by atoms with Crippen molar-refractivity contribution in [3.63, 3.8) is 0 Å². The fourth-order valence-electron chi connectivity index (χ4n) is 4.53. The Morgan fingerprint density at radius 3 is 2.38 bits per heavy atom. The van der Waals surface area contributed by atoms with E-state index in [2.05, 4.69) is 27.6 Å². The summed E-state index contributed by atoms with van der Waals surface area (Å²) in [5, 5.41) is 9.92. The third-order valence-electron chi connectivity index (χ3n) is 7.25. The minimum atomic E-state index is -3.67. The molecule has 5 N–H and O–H groups in total. The minimum Gasteiger partial charge on any atom is -0.398 e. The number of nitrogens with two attached hydrogens (primary N) is 2. The summed E-state index contributed by atoms with van der Waals surface area (Å²) < 4.78 is 42.2. The van der Waals surface area contributed by atoms with Gasteiger partial charge in [0.1, 0.15) is 0 Å². The first kappa shape index (κ1) is 36.9. The Labute approximate surface area is 265 Å². The van der Waals surface area contributed by atoms with Crippen molar-refractivity contribution in [2.75, 3.05) is 60.0 Å². The second-order valence-electron chi connectivity index (χ2n) is 11.5. The van der Waals surface area contributed by atoms with Gasteiger partial charge in [0.15, 0.2) is 6.67 Å². The van der Waals surface area contributed by atoms with Gasteiger partial charge in [-0.25, -0.2) is 10.2 Å². The van der Waals surface area contributed by atoms with Crippen LogP contribution in [-0.2, 0) is 0 Å². The number of hydrazine groups is 1. The monoisotopic (exact) mass is 628 g/mol. The molecule has 0 fully saturated rings. The number of halogens is 3. The average molecular weight is 629 g/mol. The fraction of sp³-hybridized carbons (Fsp3) is 0.424. The maximum absolute atomic E-state index is 14.5. The van der Waals surface area contributed by atoms with Crippen LogP contribution in [0.25, 0.3) is 0 Å². The van der Waals surface area contributed by atoms with Gasteiger partial charge in [0, 0.05) is 62.3 Å². The number of hydrogen-bond acceptors (Lipinski definition) is 8. The lowest BCUT2D eigenvalue weighted by atomic mass is 10.1. The van der Waals surface area contributed by atoms with Crippen LogP contribution in [0.5, 0.6) is 0 Å². The van der Waals surface area contributed by atoms with Gasteiger partial charge >= 0.3 is 5.92 Å². The molecule has 1 aromatic rings. The summed E-state index contributed by atoms with van der Waals surface area (Å²) in [7, 11) is 9.29. The topological polar surface area (TPSA) is 106 Å². The predicted molar refractivity (Wildman–Crippen MR) is 177 cm³/mol. The number of benzene rings is 1. The van der Waals surface area contributed by atoms with Crippen LogP contribution in [0.4, 0.5) is 18.9 Å². The van der Waals surface area contributed by atoms with E-state index in [4.69, 9.17) is 11.6 Å². The van der Waals surface area contributed by atoms with Crippen LogP contribution in [0.15, 0.2) is 87.3 Å². The second kappa shape index (κ2) is 16.2. The molecule has 3 rings (SSSR count). The van der Waals surface area contributed by atoms with Crippen LogP contribution in [0.2, 0.25) is 0 Å². The standard InChI is InChI=1S/C25H36F3N5O.C8H11N3/c1-17-8-9-19(13-23(17)33(6)29)24(34)30-21-12-18(2)22(32(5)11-7-10-31(3)4)15-20(14-21)25(27,28)16-26;1-6-4-8(7(2)9)5-10-11(6)3/h8-9,13-15H,7,10-12,16,29H2,1-6H3,(H,30,34);5H,2,9H2,1,3H3. The van der Waals surface area contributed by atoms with Gasteiger partial charge in [-0.15, -0.1) is 0 Å². The maximum atomic E-state index is 14.5. The van der Waals surface area contributed by atoms with Crippen molar-refractivity contribution in [1.82, 2.24) is 20.1 Å². The van der Waals surface area contributed by atoms with Gasteiger partial charge in [-0.05, 0) is 83.3 Å². The third-order valence-corrected chi connectivity index (χ3v) is 7.25. The smallest absolute Gasteiger partial charge is 0.301 e. The number of carbonyl (C=O) groups is 1. The molecule has 0 aromatic heterocycles. The zero-order valence-electron chi connectivity index (χ0n) is 27.6. The summed E-state index contributed by atoms with van der Waals surface area (Å²) >= 11 is 0. The maximum Gasteiger partial charge on any atom is 0.301 e. The molecule has 1 aliphatic heterocycles. The van der Waals surface area contributed by atoms with Gasteiger partial charge in [-0.3, -0.25) is 9.80 Å². The molecule has 0 spiro atoms. The number of nitrogens with zero attached hydrogens (tertiary/aromatic N) is 5. The minimum absolute atomic E-state index is 0.247. The number of hydrogen-bond donors (Lipinski definition) is 3. The van der Waals surface area contributed by atoms with Crippen LogP contribution in [-0.4, -0.2) is 87.9 Å². The Hall–Kier alpha value is -4.25. The molecular formula is C33H47F3N8O. The number of alkyl halides is 3. The molecule has 1 aliphatic carbocycles. The number of likely N-dealkylation sites (N-methyl/N-ethyl adjacent to an activating group) is 1. The van der Waals surface area contributed by atoms with Gasteiger partial charge < -0.3 is 25.9 Å². The van der Waals surface area contributed by atoms with Crippen molar-refractivity contribution in [2.45, 2.75) is 39.5 Å². The van der Waals surface area contributed by atoms with Crippen molar-refractivity contribution in [3.05, 3.63) is 93.3 Å². The molecule has 0 unspecified atom stereocenters. The van der Waals surface area contributed by atoms with E-state index in [1.807, 2.05) is 53.9 Å². The molecule has 0 atom stereocenters. The van der Waals surface area contributed by atoms with Crippen molar-refractivity contribution in [3.8, 4) is 0 Å². The number of aryl methyl sites for hydroxylation is 1. The lowest BCUT2D eigenvalue weighted by molar-refractivity contribution is 0.0185. The van der Waals surface area contributed by atoms with Crippen molar-refractivity contribution in [2.24, 2.45) is 16.7 Å². The average Bonchev–Trinajstić information content (AvgIpc) is 3.13. The first-order valence-electron chi connectivity index (χ1n) is 14.5. The van der Waals surface area contributed by atoms with Crippen LogP contribution < -0.4 is 21.9 Å². The van der Waals surface area contributed by atoms with E-state index < -0.39 is 24.1 Å². The quantitative estimate of drug-likeness (QED) is 0.183. The van der Waals surface area contributed by atoms with Gasteiger partial charge in [0.2, 0.25) is 0 Å². The first-order chi connectivity index (χ1) is 21.0. The number of allylic oxidation sites excluding steroid dienone is 5. The number of hydrazone groups is 1. The molecule has 9 nitrogen and oxygen atoms in total. The number of amides is 1. The molecule has 1 aromatic carbocycles. The van der Waals surface area contributed by atoms with E-state index in [9.17, 15) is 18.0 Å². The predicted octanol–water partition coefficient (Wildman–Crippen LogP) is 4.83. The van der Waals surface area contributed by atoms with Gasteiger partial charge in [-0.1, -0.05) is 18.4 Å². The molecule has 1 amide bonds. The van der Waals surface area contributed by atoms with E-state index in [1.165, 1.54) is 17.2 Å². The van der Waals surface area contributed by atoms with Gasteiger partial charge in [-0.2, -0.15) is 13.9 Å². The Morgan fingerprint density at radius 1 is 1.16 bits per heavy atom. The van der Waals surface area contributed by atoms with Gasteiger partial charge in [0.05, 0.1) is 23.2 Å². The number of nitrogens with one attached hydrogen (secondary N) is 1. The summed E-state index contributed by atoms with van der Waals surface area (Å²) in [5.74, 6) is 1.71. The number of carbonyl (C=O) groups excluding carboxylic acids is 1. The van der Waals surface area contributed by atoms with Crippen molar-refractivity contribution >= 4 is 17.8 Å². The zero-order valence-corrected chi connectivity index (χ0v) is 27.6. The summed E-state index contributed by atoms with van der Waals surface area (Å²) in [6.45, 7) is 8.89. The highest BCUT2D eigenvalue weighted by Gasteiger charge is 2.35. The second-order valence-corrected chi connectivity index (χ2v) is 11.5. The van der Waals surface area contributed by atoms with Crippen LogP contribution in [0.1, 0.15) is 42.6 Å². The molecule has 0 bridgehead atoms. The number of rotatable bonds is 11. The summed E-state index contributed by atoms with van der Waals surface area (Å²) in [6, 6.07) is 5.06. The third kappa shape index (κ3) is 10.7. The zero-order chi connectivity index (χ0) is 34.1. The molecule has 0 saturated heterocycles. The molecule has 0 radical (unpaired) electrons. The van der Waals surface area contributed by atoms with E-state index in [0.717, 1.165) is 35.4 Å². The van der Waals surface area contributed by atoms with Crippen LogP contribution in [0.3, 0.4) is 0 Å². The van der Waals surface area contributed by atoms with Crippen molar-refractivity contribution in [1.29, 1.82) is 0 Å². The summed E-state index contributed by atoms with van der Waals surface area (Å²) in [6.07, 6.45) is 5.25. The Balaban J connectivity index is 0.000000537. The normalized spacial score (nSPS) is 14.9. The Bertz CT molecular complexity index is 1450. The highest BCUT2D eigenvalue weighted by molar-refractivity contribution is 5.96. The fourth-order valence-corrected chi connectivity index (χ4v) is 4.53. The Kier molecular flexibility index (Phi) is 13.3. The Morgan fingerprint density at radius 2 is 1.82 bits per heavy atom. The molecule has 246 valence electrons. The molecule has 0 saturated carbocycles. The summed E-state index contributed by atoms with van der Waals surface area (Å²) in [4.78, 5) is 16.9. The van der Waals surface area contributed by atoms with E-state index in [0.29, 0.717) is 29.2 Å². The SMILES string of the molecule is C=C(N)C1=C=C(C)N(C)N=C1.CC1=C(N(C)CCCN(C)C)C=C(C(F)(F)CF)C=C(NC(=O)c2ccc(C)c(N(C)N)c2)C1. The van der Waals surface area contributed by atoms with Gasteiger partial charge in [0.25, 0.3) is 5.91 Å².